The summed E-state index contributed by atoms with van der Waals surface area (Å²) >= 11 is 0. The summed E-state index contributed by atoms with van der Waals surface area (Å²) in [6.07, 6.45) is 3.71. The number of aromatic nitrogens is 3. The third kappa shape index (κ3) is 9.24. The fourth-order valence-electron chi connectivity index (χ4n) is 3.63. The number of esters is 3. The topological polar surface area (TPSA) is 205 Å². The number of hydrogen-bond donors (Lipinski definition) is 3. The Hall–Kier alpha value is -6.51. The highest BCUT2D eigenvalue weighted by Gasteiger charge is 2.18. The summed E-state index contributed by atoms with van der Waals surface area (Å²) in [6, 6.07) is 12.2. The van der Waals surface area contributed by atoms with Crippen LogP contribution in [0.3, 0.4) is 0 Å². The average Bonchev–Trinajstić information content (AvgIpc) is 2.99. The molecule has 15 nitrogen and oxygen atoms in total. The Morgan fingerprint density at radius 2 is 0.733 bits per heavy atom. The fraction of sp³-hybridized carbons (Fsp3) is 0.100. The summed E-state index contributed by atoms with van der Waals surface area (Å²) in [4.78, 5) is 85.1. The predicted molar refractivity (Wildman–Crippen MR) is 157 cm³/mol. The number of rotatable bonds is 9. The Bertz CT molecular complexity index is 1550. The number of amides is 3. The number of pyridine rings is 3. The van der Waals surface area contributed by atoms with Gasteiger partial charge in [-0.25, -0.2) is 15.0 Å². The molecular formula is C30H24N6O9. The Kier molecular flexibility index (Phi) is 9.85. The molecule has 0 bridgehead atoms. The Balaban J connectivity index is 1.59. The molecule has 4 aromatic rings. The molecule has 0 spiro atoms. The molecule has 4 rings (SSSR count). The van der Waals surface area contributed by atoms with Crippen molar-refractivity contribution in [3.8, 4) is 17.2 Å². The van der Waals surface area contributed by atoms with Crippen LogP contribution in [0.5, 0.6) is 17.2 Å². The summed E-state index contributed by atoms with van der Waals surface area (Å²) in [5.74, 6) is -2.94. The first kappa shape index (κ1) is 31.4. The van der Waals surface area contributed by atoms with Crippen LogP contribution in [0.2, 0.25) is 0 Å². The molecule has 0 saturated heterocycles. The smallest absolute Gasteiger partial charge is 0.308 e. The van der Waals surface area contributed by atoms with Crippen LogP contribution in [0.1, 0.15) is 51.8 Å². The van der Waals surface area contributed by atoms with Crippen LogP contribution in [-0.2, 0) is 14.4 Å². The van der Waals surface area contributed by atoms with Gasteiger partial charge in [-0.1, -0.05) is 0 Å². The lowest BCUT2D eigenvalue weighted by molar-refractivity contribution is -0.132. The number of hydrogen-bond acceptors (Lipinski definition) is 12. The molecule has 3 N–H and O–H groups in total. The molecule has 228 valence electrons. The molecule has 0 aliphatic rings. The van der Waals surface area contributed by atoms with E-state index in [4.69, 9.17) is 14.2 Å². The summed E-state index contributed by atoms with van der Waals surface area (Å²) in [5.41, 5.74) is -0.222. The van der Waals surface area contributed by atoms with Gasteiger partial charge in [-0.15, -0.1) is 0 Å². The number of carbonyl (C=O) groups is 6. The number of anilines is 3. The summed E-state index contributed by atoms with van der Waals surface area (Å²) in [7, 11) is 0. The van der Waals surface area contributed by atoms with E-state index in [1.807, 2.05) is 0 Å². The lowest BCUT2D eigenvalue weighted by Crippen LogP contribution is -2.20. The second kappa shape index (κ2) is 14.1. The first-order valence-corrected chi connectivity index (χ1v) is 13.0. The third-order valence-corrected chi connectivity index (χ3v) is 5.44. The lowest BCUT2D eigenvalue weighted by Gasteiger charge is -2.11. The molecule has 3 aromatic heterocycles. The largest absolute Gasteiger partial charge is 0.425 e. The van der Waals surface area contributed by atoms with Gasteiger partial charge in [0.2, 0.25) is 0 Å². The highest BCUT2D eigenvalue weighted by atomic mass is 16.5. The normalized spacial score (nSPS) is 10.2. The Labute approximate surface area is 255 Å². The molecule has 3 heterocycles. The minimum atomic E-state index is -0.709. The summed E-state index contributed by atoms with van der Waals surface area (Å²) in [6.45, 7) is 3.69. The van der Waals surface area contributed by atoms with Crippen molar-refractivity contribution in [2.75, 3.05) is 16.0 Å². The molecular weight excluding hydrogens is 588 g/mol. The molecule has 3 amide bonds. The zero-order valence-corrected chi connectivity index (χ0v) is 23.9. The third-order valence-electron chi connectivity index (χ3n) is 5.44. The van der Waals surface area contributed by atoms with Gasteiger partial charge in [-0.05, 0) is 54.6 Å². The van der Waals surface area contributed by atoms with Crippen LogP contribution in [-0.4, -0.2) is 50.6 Å². The monoisotopic (exact) mass is 612 g/mol. The van der Waals surface area contributed by atoms with Gasteiger partial charge < -0.3 is 30.2 Å². The van der Waals surface area contributed by atoms with Gasteiger partial charge in [-0.3, -0.25) is 28.8 Å². The second-order valence-corrected chi connectivity index (χ2v) is 9.08. The number of carbonyl (C=O) groups excluding carboxylic acids is 6. The Morgan fingerprint density at radius 1 is 0.467 bits per heavy atom. The van der Waals surface area contributed by atoms with Crippen molar-refractivity contribution in [3.05, 3.63) is 89.9 Å². The molecule has 0 atom stereocenters. The molecule has 0 radical (unpaired) electrons. The molecule has 0 aliphatic carbocycles. The number of nitrogens with zero attached hydrogens (tertiary/aromatic N) is 3. The SMILES string of the molecule is CC(=O)Oc1ccc(NC(=O)c2cc(C(=O)Nc3ccc(OC(C)=O)cn3)cc(C(=O)Nc3ccc(OC(C)=O)cn3)c2)nc1. The fourth-order valence-corrected chi connectivity index (χ4v) is 3.63. The van der Waals surface area contributed by atoms with E-state index in [0.717, 1.165) is 0 Å². The van der Waals surface area contributed by atoms with Crippen molar-refractivity contribution in [2.45, 2.75) is 20.8 Å². The highest BCUT2D eigenvalue weighted by Crippen LogP contribution is 2.19. The van der Waals surface area contributed by atoms with Crippen LogP contribution in [0.15, 0.2) is 73.2 Å². The van der Waals surface area contributed by atoms with Crippen molar-refractivity contribution in [3.63, 3.8) is 0 Å². The molecule has 0 unspecified atom stereocenters. The Morgan fingerprint density at radius 3 is 0.933 bits per heavy atom. The quantitative estimate of drug-likeness (QED) is 0.233. The van der Waals surface area contributed by atoms with E-state index < -0.39 is 35.6 Å². The van der Waals surface area contributed by atoms with Crippen LogP contribution < -0.4 is 30.2 Å². The van der Waals surface area contributed by atoms with Gasteiger partial charge in [0, 0.05) is 37.5 Å². The van der Waals surface area contributed by atoms with Gasteiger partial charge in [0.1, 0.15) is 34.7 Å². The zero-order valence-electron chi connectivity index (χ0n) is 23.9. The van der Waals surface area contributed by atoms with E-state index in [0.29, 0.717) is 0 Å². The number of ether oxygens (including phenoxy) is 3. The van der Waals surface area contributed by atoms with Gasteiger partial charge in [0.15, 0.2) is 0 Å². The maximum Gasteiger partial charge on any atom is 0.308 e. The number of benzene rings is 1. The first-order chi connectivity index (χ1) is 21.4. The molecule has 15 heteroatoms. The molecule has 0 saturated carbocycles. The minimum Gasteiger partial charge on any atom is -0.425 e. The van der Waals surface area contributed by atoms with E-state index in [1.165, 1.54) is 94.0 Å². The standard InChI is InChI=1S/C30H24N6O9/c1-16(37)43-22-4-7-25(31-13-22)34-28(40)19-10-20(29(41)35-26-8-5-23(14-32-26)44-17(2)38)12-21(11-19)30(42)36-27-9-6-24(15-33-27)45-18(3)39/h4-15H,1-3H3,(H,31,34,40)(H,32,35,41)(H,33,36,42). The van der Waals surface area contributed by atoms with E-state index in [1.54, 1.807) is 0 Å². The van der Waals surface area contributed by atoms with Crippen molar-refractivity contribution in [1.29, 1.82) is 0 Å². The lowest BCUT2D eigenvalue weighted by atomic mass is 10.0. The van der Waals surface area contributed by atoms with E-state index in [2.05, 4.69) is 30.9 Å². The molecule has 45 heavy (non-hydrogen) atoms. The zero-order chi connectivity index (χ0) is 32.5. The van der Waals surface area contributed by atoms with Crippen LogP contribution in [0.4, 0.5) is 17.5 Å². The van der Waals surface area contributed by atoms with Crippen LogP contribution in [0.25, 0.3) is 0 Å². The highest BCUT2D eigenvalue weighted by molar-refractivity contribution is 6.12. The maximum atomic E-state index is 13.2. The van der Waals surface area contributed by atoms with Gasteiger partial charge >= 0.3 is 17.9 Å². The average molecular weight is 613 g/mol. The van der Waals surface area contributed by atoms with Crippen LogP contribution in [0, 0.1) is 0 Å². The molecule has 0 aliphatic heterocycles. The van der Waals surface area contributed by atoms with Crippen molar-refractivity contribution in [1.82, 2.24) is 15.0 Å². The van der Waals surface area contributed by atoms with Crippen LogP contribution >= 0.6 is 0 Å². The van der Waals surface area contributed by atoms with Gasteiger partial charge in [0.25, 0.3) is 17.7 Å². The van der Waals surface area contributed by atoms with E-state index >= 15 is 0 Å². The van der Waals surface area contributed by atoms with Gasteiger partial charge in [-0.2, -0.15) is 0 Å². The van der Waals surface area contributed by atoms with E-state index in [9.17, 15) is 28.8 Å². The van der Waals surface area contributed by atoms with Crippen molar-refractivity contribution >= 4 is 53.1 Å². The minimum absolute atomic E-state index is 0.0741. The molecule has 1 aromatic carbocycles. The molecule has 0 fully saturated rings. The van der Waals surface area contributed by atoms with E-state index in [-0.39, 0.29) is 51.4 Å². The predicted octanol–water partition coefficient (Wildman–Crippen LogP) is 3.40. The number of nitrogens with one attached hydrogen (secondary N) is 3. The van der Waals surface area contributed by atoms with Crippen molar-refractivity contribution in [2.24, 2.45) is 0 Å². The second-order valence-electron chi connectivity index (χ2n) is 9.08. The first-order valence-electron chi connectivity index (χ1n) is 13.0. The maximum absolute atomic E-state index is 13.2. The van der Waals surface area contributed by atoms with Crippen molar-refractivity contribution < 1.29 is 43.0 Å². The summed E-state index contributed by atoms with van der Waals surface area (Å²) in [5, 5.41) is 7.66. The summed E-state index contributed by atoms with van der Waals surface area (Å²) < 4.78 is 14.8. The van der Waals surface area contributed by atoms with Gasteiger partial charge in [0.05, 0.1) is 18.6 Å².